The van der Waals surface area contributed by atoms with E-state index in [0.29, 0.717) is 6.54 Å². The van der Waals surface area contributed by atoms with Crippen molar-refractivity contribution in [3.63, 3.8) is 0 Å². The zero-order valence-electron chi connectivity index (χ0n) is 11.0. The summed E-state index contributed by atoms with van der Waals surface area (Å²) in [6.07, 6.45) is 1.10. The first kappa shape index (κ1) is 13.7. The highest BCUT2D eigenvalue weighted by atomic mass is 19.1. The molecule has 19 heavy (non-hydrogen) atoms. The molecule has 0 bridgehead atoms. The van der Waals surface area contributed by atoms with Crippen molar-refractivity contribution < 1.29 is 14.3 Å². The van der Waals surface area contributed by atoms with Gasteiger partial charge in [0.2, 0.25) is 0 Å². The Labute approximate surface area is 112 Å². The van der Waals surface area contributed by atoms with Crippen LogP contribution in [0.5, 0.6) is 0 Å². The summed E-state index contributed by atoms with van der Waals surface area (Å²) in [6.45, 7) is 2.75. The van der Waals surface area contributed by atoms with E-state index in [-0.39, 0.29) is 24.6 Å². The number of halogens is 1. The number of carboxylic acids is 1. The number of carboxylic acid groups (broad SMARTS) is 1. The number of rotatable bonds is 4. The third kappa shape index (κ3) is 3.20. The van der Waals surface area contributed by atoms with Gasteiger partial charge < -0.3 is 5.11 Å². The van der Waals surface area contributed by atoms with Gasteiger partial charge in [-0.2, -0.15) is 0 Å². The van der Waals surface area contributed by atoms with Crippen LogP contribution < -0.4 is 0 Å². The number of hydrogen-bond acceptors (Lipinski definition) is 2. The molecule has 1 heterocycles. The van der Waals surface area contributed by atoms with Crippen LogP contribution in [0.3, 0.4) is 0 Å². The summed E-state index contributed by atoms with van der Waals surface area (Å²) in [4.78, 5) is 13.0. The van der Waals surface area contributed by atoms with E-state index in [1.807, 2.05) is 42.2 Å². The SMILES string of the molecule is CCC1CC(C(=O)O)=C(F)CN1Cc1ccccc1. The van der Waals surface area contributed by atoms with Gasteiger partial charge >= 0.3 is 5.97 Å². The van der Waals surface area contributed by atoms with Crippen LogP contribution in [0.4, 0.5) is 4.39 Å². The molecule has 0 aliphatic carbocycles. The molecule has 4 heteroatoms. The van der Waals surface area contributed by atoms with E-state index in [9.17, 15) is 9.18 Å². The van der Waals surface area contributed by atoms with Crippen LogP contribution in [0.2, 0.25) is 0 Å². The second kappa shape index (κ2) is 5.97. The lowest BCUT2D eigenvalue weighted by Gasteiger charge is -2.34. The number of benzene rings is 1. The third-order valence-corrected chi connectivity index (χ3v) is 3.58. The summed E-state index contributed by atoms with van der Waals surface area (Å²) in [5, 5.41) is 8.98. The summed E-state index contributed by atoms with van der Waals surface area (Å²) in [5.74, 6) is -1.64. The normalized spacial score (nSPS) is 20.6. The molecule has 102 valence electrons. The summed E-state index contributed by atoms with van der Waals surface area (Å²) in [5.41, 5.74) is 1.06. The summed E-state index contributed by atoms with van der Waals surface area (Å²) < 4.78 is 13.8. The monoisotopic (exact) mass is 263 g/mol. The minimum atomic E-state index is -1.13. The molecule has 3 nitrogen and oxygen atoms in total. The molecule has 1 aromatic carbocycles. The molecule has 1 unspecified atom stereocenters. The van der Waals surface area contributed by atoms with Gasteiger partial charge in [0.25, 0.3) is 0 Å². The summed E-state index contributed by atoms with van der Waals surface area (Å²) in [6, 6.07) is 9.94. The number of aliphatic carboxylic acids is 1. The highest BCUT2D eigenvalue weighted by Gasteiger charge is 2.30. The van der Waals surface area contributed by atoms with Gasteiger partial charge in [0.1, 0.15) is 5.83 Å². The highest BCUT2D eigenvalue weighted by Crippen LogP contribution is 2.27. The number of nitrogens with zero attached hydrogens (tertiary/aromatic N) is 1. The maximum absolute atomic E-state index is 13.8. The highest BCUT2D eigenvalue weighted by molar-refractivity contribution is 5.87. The molecule has 0 saturated heterocycles. The molecule has 0 aromatic heterocycles. The Balaban J connectivity index is 2.15. The minimum absolute atomic E-state index is 0.0591. The third-order valence-electron chi connectivity index (χ3n) is 3.58. The van der Waals surface area contributed by atoms with Crippen LogP contribution >= 0.6 is 0 Å². The van der Waals surface area contributed by atoms with Gasteiger partial charge in [-0.25, -0.2) is 9.18 Å². The van der Waals surface area contributed by atoms with Gasteiger partial charge in [0, 0.05) is 12.6 Å². The fourth-order valence-electron chi connectivity index (χ4n) is 2.49. The fourth-order valence-corrected chi connectivity index (χ4v) is 2.49. The van der Waals surface area contributed by atoms with E-state index in [4.69, 9.17) is 5.11 Å². The van der Waals surface area contributed by atoms with Gasteiger partial charge in [-0.3, -0.25) is 4.90 Å². The minimum Gasteiger partial charge on any atom is -0.478 e. The van der Waals surface area contributed by atoms with E-state index < -0.39 is 11.8 Å². The maximum atomic E-state index is 13.8. The lowest BCUT2D eigenvalue weighted by Crippen LogP contribution is -2.40. The second-order valence-electron chi connectivity index (χ2n) is 4.85. The lowest BCUT2D eigenvalue weighted by molar-refractivity contribution is -0.133. The molecular formula is C15H18FNO2. The molecule has 1 N–H and O–H groups in total. The van der Waals surface area contributed by atoms with Crippen molar-refractivity contribution in [3.8, 4) is 0 Å². The van der Waals surface area contributed by atoms with E-state index >= 15 is 0 Å². The van der Waals surface area contributed by atoms with E-state index in [2.05, 4.69) is 0 Å². The maximum Gasteiger partial charge on any atom is 0.334 e. The van der Waals surface area contributed by atoms with Crippen molar-refractivity contribution in [2.75, 3.05) is 6.54 Å². The summed E-state index contributed by atoms with van der Waals surface area (Å²) in [7, 11) is 0. The Hall–Kier alpha value is -1.68. The molecule has 0 spiro atoms. The van der Waals surface area contributed by atoms with Crippen LogP contribution in [-0.2, 0) is 11.3 Å². The topological polar surface area (TPSA) is 40.5 Å². The zero-order chi connectivity index (χ0) is 13.8. The predicted molar refractivity (Wildman–Crippen MR) is 71.3 cm³/mol. The standard InChI is InChI=1S/C15H18FNO2/c1-2-12-8-13(15(18)19)14(16)10-17(12)9-11-6-4-3-5-7-11/h3-7,12H,2,8-10H2,1H3,(H,18,19). The van der Waals surface area contributed by atoms with Crippen LogP contribution in [0, 0.1) is 0 Å². The predicted octanol–water partition coefficient (Wildman–Crippen LogP) is 2.98. The first-order chi connectivity index (χ1) is 9.11. The smallest absolute Gasteiger partial charge is 0.334 e. The average Bonchev–Trinajstić information content (AvgIpc) is 2.39. The van der Waals surface area contributed by atoms with Gasteiger partial charge in [0.05, 0.1) is 12.1 Å². The Morgan fingerprint density at radius 2 is 2.11 bits per heavy atom. The van der Waals surface area contributed by atoms with Crippen LogP contribution in [-0.4, -0.2) is 28.6 Å². The Bertz CT molecular complexity index is 484. The van der Waals surface area contributed by atoms with Crippen molar-refractivity contribution in [3.05, 3.63) is 47.3 Å². The van der Waals surface area contributed by atoms with Gasteiger partial charge in [0.15, 0.2) is 0 Å². The largest absolute Gasteiger partial charge is 0.478 e. The molecule has 0 radical (unpaired) electrons. The molecule has 1 atom stereocenters. The molecule has 1 aromatic rings. The van der Waals surface area contributed by atoms with Crippen LogP contribution in [0.15, 0.2) is 41.7 Å². The molecule has 1 aliphatic heterocycles. The first-order valence-corrected chi connectivity index (χ1v) is 6.50. The molecular weight excluding hydrogens is 245 g/mol. The summed E-state index contributed by atoms with van der Waals surface area (Å²) >= 11 is 0. The van der Waals surface area contributed by atoms with Crippen molar-refractivity contribution in [2.24, 2.45) is 0 Å². The lowest BCUT2D eigenvalue weighted by atomic mass is 9.96. The van der Waals surface area contributed by atoms with Crippen molar-refractivity contribution in [1.29, 1.82) is 0 Å². The van der Waals surface area contributed by atoms with Gasteiger partial charge in [-0.15, -0.1) is 0 Å². The average molecular weight is 263 g/mol. The molecule has 0 amide bonds. The van der Waals surface area contributed by atoms with Gasteiger partial charge in [-0.1, -0.05) is 37.3 Å². The molecule has 0 saturated carbocycles. The Morgan fingerprint density at radius 1 is 1.42 bits per heavy atom. The van der Waals surface area contributed by atoms with E-state index in [0.717, 1.165) is 12.0 Å². The fraction of sp³-hybridized carbons (Fsp3) is 0.400. The number of hydrogen-bond donors (Lipinski definition) is 1. The van der Waals surface area contributed by atoms with Crippen molar-refractivity contribution in [2.45, 2.75) is 32.4 Å². The van der Waals surface area contributed by atoms with E-state index in [1.54, 1.807) is 0 Å². The number of carbonyl (C=O) groups is 1. The zero-order valence-corrected chi connectivity index (χ0v) is 11.0. The molecule has 1 aliphatic rings. The molecule has 0 fully saturated rings. The quantitative estimate of drug-likeness (QED) is 0.908. The van der Waals surface area contributed by atoms with E-state index in [1.165, 1.54) is 0 Å². The van der Waals surface area contributed by atoms with Crippen molar-refractivity contribution >= 4 is 5.97 Å². The Morgan fingerprint density at radius 3 is 2.68 bits per heavy atom. The first-order valence-electron chi connectivity index (χ1n) is 6.50. The van der Waals surface area contributed by atoms with Crippen LogP contribution in [0.25, 0.3) is 0 Å². The van der Waals surface area contributed by atoms with Gasteiger partial charge in [-0.05, 0) is 18.4 Å². The Kier molecular flexibility index (Phi) is 4.32. The van der Waals surface area contributed by atoms with Crippen LogP contribution in [0.1, 0.15) is 25.3 Å². The second-order valence-corrected chi connectivity index (χ2v) is 4.85. The molecule has 2 rings (SSSR count). The van der Waals surface area contributed by atoms with Crippen molar-refractivity contribution in [1.82, 2.24) is 4.90 Å².